The molecule has 1 atom stereocenters. The summed E-state index contributed by atoms with van der Waals surface area (Å²) in [6, 6.07) is 14.4. The molecule has 0 amide bonds. The molecule has 2 aromatic rings. The lowest BCUT2D eigenvalue weighted by Gasteiger charge is -2.14. The summed E-state index contributed by atoms with van der Waals surface area (Å²) >= 11 is 0. The van der Waals surface area contributed by atoms with Gasteiger partial charge in [-0.05, 0) is 37.1 Å². The van der Waals surface area contributed by atoms with E-state index in [-0.39, 0.29) is 11.3 Å². The molecule has 0 saturated carbocycles. The third kappa shape index (κ3) is 2.19. The zero-order valence-corrected chi connectivity index (χ0v) is 12.7. The van der Waals surface area contributed by atoms with Crippen LogP contribution >= 0.6 is 0 Å². The number of non-ortho nitro benzene ring substituents is 1. The number of nitro groups is 1. The molecule has 1 aliphatic rings. The van der Waals surface area contributed by atoms with Crippen molar-refractivity contribution in [2.45, 2.75) is 25.2 Å². The first kappa shape index (κ1) is 14.7. The molecule has 0 bridgehead atoms. The molecular formula is C17H17NO4. The summed E-state index contributed by atoms with van der Waals surface area (Å²) in [6.07, 6.45) is 0. The van der Waals surface area contributed by atoms with E-state index in [2.05, 4.69) is 0 Å². The summed E-state index contributed by atoms with van der Waals surface area (Å²) in [6.45, 7) is 3.97. The van der Waals surface area contributed by atoms with Crippen LogP contribution in [0.5, 0.6) is 0 Å². The Morgan fingerprint density at radius 1 is 1.00 bits per heavy atom. The Bertz CT molecular complexity index is 706. The molecule has 5 nitrogen and oxygen atoms in total. The predicted molar refractivity (Wildman–Crippen MR) is 82.4 cm³/mol. The van der Waals surface area contributed by atoms with Gasteiger partial charge in [0.05, 0.1) is 4.92 Å². The number of ether oxygens (including phenoxy) is 2. The Morgan fingerprint density at radius 2 is 1.45 bits per heavy atom. The maximum absolute atomic E-state index is 10.7. The molecule has 1 saturated heterocycles. The normalized spacial score (nSPS) is 22.3. The summed E-state index contributed by atoms with van der Waals surface area (Å²) < 4.78 is 11.3. The highest BCUT2D eigenvalue weighted by molar-refractivity contribution is 5.65. The number of hydrogen-bond acceptors (Lipinski definition) is 4. The molecule has 2 aromatic carbocycles. The summed E-state index contributed by atoms with van der Waals surface area (Å²) in [5.41, 5.74) is 2.64. The first-order chi connectivity index (χ1) is 10.4. The minimum atomic E-state index is -0.680. The lowest BCUT2D eigenvalue weighted by atomic mass is 9.96. The maximum Gasteiger partial charge on any atom is 0.269 e. The monoisotopic (exact) mass is 299 g/mol. The fourth-order valence-corrected chi connectivity index (χ4v) is 2.80. The quantitative estimate of drug-likeness (QED) is 0.488. The maximum atomic E-state index is 10.7. The molecule has 0 spiro atoms. The largest absolute Gasteiger partial charge is 0.347 e. The van der Waals surface area contributed by atoms with E-state index in [4.69, 9.17) is 9.47 Å². The van der Waals surface area contributed by atoms with Gasteiger partial charge in [-0.25, -0.2) is 0 Å². The summed E-state index contributed by atoms with van der Waals surface area (Å²) in [4.78, 5) is 10.3. The van der Waals surface area contributed by atoms with Gasteiger partial charge in [-0.3, -0.25) is 10.1 Å². The van der Waals surface area contributed by atoms with E-state index in [0.29, 0.717) is 0 Å². The zero-order valence-electron chi connectivity index (χ0n) is 12.7. The lowest BCUT2D eigenvalue weighted by molar-refractivity contribution is -0.384. The van der Waals surface area contributed by atoms with Crippen LogP contribution in [0.25, 0.3) is 11.1 Å². The van der Waals surface area contributed by atoms with E-state index < -0.39 is 10.7 Å². The average Bonchev–Trinajstić information content (AvgIpc) is 3.10. The van der Waals surface area contributed by atoms with Gasteiger partial charge in [0.25, 0.3) is 5.69 Å². The number of rotatable bonds is 4. The van der Waals surface area contributed by atoms with Gasteiger partial charge >= 0.3 is 0 Å². The summed E-state index contributed by atoms with van der Waals surface area (Å²) in [7, 11) is 1.64. The smallest absolute Gasteiger partial charge is 0.269 e. The van der Waals surface area contributed by atoms with E-state index in [1.807, 2.05) is 38.1 Å². The highest BCUT2D eigenvalue weighted by Crippen LogP contribution is 2.55. The first-order valence-corrected chi connectivity index (χ1v) is 7.00. The molecule has 1 fully saturated rings. The van der Waals surface area contributed by atoms with Crippen molar-refractivity contribution in [3.63, 3.8) is 0 Å². The van der Waals surface area contributed by atoms with Crippen molar-refractivity contribution < 1.29 is 14.4 Å². The van der Waals surface area contributed by atoms with Crippen molar-refractivity contribution in [3.8, 4) is 11.1 Å². The van der Waals surface area contributed by atoms with Gasteiger partial charge in [0, 0.05) is 24.8 Å². The van der Waals surface area contributed by atoms with Crippen molar-refractivity contribution in [1.29, 1.82) is 0 Å². The molecule has 0 radical (unpaired) electrons. The third-order valence-electron chi connectivity index (χ3n) is 4.11. The van der Waals surface area contributed by atoms with Crippen LogP contribution in [0, 0.1) is 10.1 Å². The lowest BCUT2D eigenvalue weighted by Crippen LogP contribution is -2.20. The van der Waals surface area contributed by atoms with Crippen LogP contribution in [0.2, 0.25) is 0 Å². The molecule has 0 N–H and O–H groups in total. The van der Waals surface area contributed by atoms with Gasteiger partial charge in [-0.15, -0.1) is 0 Å². The highest BCUT2D eigenvalue weighted by atomic mass is 16.8. The van der Waals surface area contributed by atoms with Crippen molar-refractivity contribution in [3.05, 3.63) is 64.2 Å². The second-order valence-electron chi connectivity index (χ2n) is 5.81. The second kappa shape index (κ2) is 4.90. The zero-order chi connectivity index (χ0) is 16.0. The number of epoxide rings is 1. The molecule has 1 aliphatic heterocycles. The van der Waals surface area contributed by atoms with Crippen LogP contribution < -0.4 is 0 Å². The molecule has 114 valence electrons. The fourth-order valence-electron chi connectivity index (χ4n) is 2.80. The van der Waals surface area contributed by atoms with Gasteiger partial charge in [0.1, 0.15) is 5.60 Å². The van der Waals surface area contributed by atoms with E-state index in [9.17, 15) is 10.1 Å². The molecule has 3 rings (SSSR count). The van der Waals surface area contributed by atoms with E-state index in [1.165, 1.54) is 12.1 Å². The van der Waals surface area contributed by atoms with Crippen LogP contribution in [0.15, 0.2) is 48.5 Å². The number of nitro benzene ring substituents is 1. The van der Waals surface area contributed by atoms with Crippen LogP contribution in [0.4, 0.5) is 5.69 Å². The average molecular weight is 299 g/mol. The molecule has 0 aromatic heterocycles. The van der Waals surface area contributed by atoms with Crippen molar-refractivity contribution in [2.24, 2.45) is 0 Å². The minimum absolute atomic E-state index is 0.0897. The van der Waals surface area contributed by atoms with Crippen LogP contribution in [0.3, 0.4) is 0 Å². The number of hydrogen-bond donors (Lipinski definition) is 0. The minimum Gasteiger partial charge on any atom is -0.347 e. The summed E-state index contributed by atoms with van der Waals surface area (Å²) in [5.74, 6) is -0.680. The molecule has 0 unspecified atom stereocenters. The van der Waals surface area contributed by atoms with Crippen LogP contribution in [0.1, 0.15) is 19.4 Å². The van der Waals surface area contributed by atoms with Crippen molar-refractivity contribution >= 4 is 5.69 Å². The Labute approximate surface area is 128 Å². The molecule has 1 heterocycles. The SMILES string of the molecule is CO[C@@]1(c2ccc(-c3ccc([N+](=O)[O-])cc3)cc2)OC1(C)C. The standard InChI is InChI=1S/C17H17NO4/c1-16(2)17(21-3,22-16)14-8-4-12(5-9-14)13-6-10-15(11-7-13)18(19)20/h4-11H,1-3H3/t17-/m0/s1. The van der Waals surface area contributed by atoms with Crippen LogP contribution in [-0.2, 0) is 15.3 Å². The molecular weight excluding hydrogens is 282 g/mol. The molecule has 0 aliphatic carbocycles. The van der Waals surface area contributed by atoms with Gasteiger partial charge in [0.15, 0.2) is 0 Å². The van der Waals surface area contributed by atoms with E-state index >= 15 is 0 Å². The fraction of sp³-hybridized carbons (Fsp3) is 0.294. The van der Waals surface area contributed by atoms with Gasteiger partial charge in [0.2, 0.25) is 5.79 Å². The Morgan fingerprint density at radius 3 is 1.82 bits per heavy atom. The Kier molecular flexibility index (Phi) is 3.27. The summed E-state index contributed by atoms with van der Waals surface area (Å²) in [5, 5.41) is 10.7. The Balaban J connectivity index is 1.87. The van der Waals surface area contributed by atoms with Crippen LogP contribution in [-0.4, -0.2) is 17.6 Å². The Hall–Kier alpha value is -2.24. The van der Waals surface area contributed by atoms with E-state index in [0.717, 1.165) is 16.7 Å². The van der Waals surface area contributed by atoms with Crippen molar-refractivity contribution in [2.75, 3.05) is 7.11 Å². The number of benzene rings is 2. The van der Waals surface area contributed by atoms with Gasteiger partial charge in [-0.1, -0.05) is 24.3 Å². The van der Waals surface area contributed by atoms with Gasteiger partial charge < -0.3 is 9.47 Å². The highest BCUT2D eigenvalue weighted by Gasteiger charge is 2.66. The predicted octanol–water partition coefficient (Wildman–Crippen LogP) is 3.87. The third-order valence-corrected chi connectivity index (χ3v) is 4.11. The second-order valence-corrected chi connectivity index (χ2v) is 5.81. The van der Waals surface area contributed by atoms with E-state index in [1.54, 1.807) is 19.2 Å². The van der Waals surface area contributed by atoms with Crippen molar-refractivity contribution in [1.82, 2.24) is 0 Å². The van der Waals surface area contributed by atoms with Gasteiger partial charge in [-0.2, -0.15) is 0 Å². The number of nitrogens with zero attached hydrogens (tertiary/aromatic N) is 1. The molecule has 5 heteroatoms. The molecule has 22 heavy (non-hydrogen) atoms. The number of methoxy groups -OCH3 is 1. The topological polar surface area (TPSA) is 64.9 Å². The first-order valence-electron chi connectivity index (χ1n) is 7.00.